The Morgan fingerprint density at radius 2 is 1.24 bits per heavy atom. The molecule has 0 aromatic heterocycles. The van der Waals surface area contributed by atoms with E-state index in [-0.39, 0.29) is 5.75 Å². The summed E-state index contributed by atoms with van der Waals surface area (Å²) in [6, 6.07) is 9.78. The van der Waals surface area contributed by atoms with Gasteiger partial charge in [-0.15, -0.1) is 0 Å². The molecule has 0 amide bonds. The molecule has 0 saturated carbocycles. The summed E-state index contributed by atoms with van der Waals surface area (Å²) in [5.41, 5.74) is 0.315. The van der Waals surface area contributed by atoms with E-state index in [9.17, 15) is 5.11 Å². The zero-order chi connectivity index (χ0) is 16.1. The molecule has 21 heavy (non-hydrogen) atoms. The molecule has 0 radical (unpaired) electrons. The Labute approximate surface area is 156 Å². The number of alkyl halides is 7. The minimum Gasteiger partial charge on any atom is -0.507 e. The Morgan fingerprint density at radius 1 is 0.714 bits per heavy atom. The molecule has 0 aliphatic carbocycles. The highest BCUT2D eigenvalue weighted by molar-refractivity contribution is 6.78. The predicted molar refractivity (Wildman–Crippen MR) is 93.7 cm³/mol. The van der Waals surface area contributed by atoms with E-state index in [4.69, 9.17) is 81.2 Å². The summed E-state index contributed by atoms with van der Waals surface area (Å²) in [5, 5.41) is 11.0. The number of aromatic hydroxyl groups is 1. The van der Waals surface area contributed by atoms with Crippen molar-refractivity contribution < 1.29 is 5.11 Å². The van der Waals surface area contributed by atoms with Crippen molar-refractivity contribution in [2.45, 2.75) is 12.5 Å². The number of phenols is 1. The van der Waals surface area contributed by atoms with Gasteiger partial charge in [0.25, 0.3) is 0 Å². The Hall–Kier alpha value is 0.530. The molecule has 8 heteroatoms. The van der Waals surface area contributed by atoms with Gasteiger partial charge in [-0.3, -0.25) is 0 Å². The van der Waals surface area contributed by atoms with Gasteiger partial charge in [-0.25, -0.2) is 0 Å². The van der Waals surface area contributed by atoms with Gasteiger partial charge in [-0.1, -0.05) is 112 Å². The third-order valence-electron chi connectivity index (χ3n) is 2.99. The van der Waals surface area contributed by atoms with Gasteiger partial charge in [0.05, 0.1) is 0 Å². The Morgan fingerprint density at radius 3 is 1.81 bits per heavy atom. The smallest absolute Gasteiger partial charge is 0.226 e. The zero-order valence-corrected chi connectivity index (χ0v) is 15.3. The van der Waals surface area contributed by atoms with Gasteiger partial charge in [0.2, 0.25) is 8.13 Å². The Balaban J connectivity index is 2.74. The topological polar surface area (TPSA) is 20.2 Å². The van der Waals surface area contributed by atoms with Crippen LogP contribution >= 0.6 is 81.2 Å². The minimum atomic E-state index is -2.14. The maximum atomic E-state index is 9.89. The van der Waals surface area contributed by atoms with Crippen molar-refractivity contribution in [1.29, 1.82) is 0 Å². The number of halogens is 7. The fourth-order valence-electron chi connectivity index (χ4n) is 1.91. The van der Waals surface area contributed by atoms with Gasteiger partial charge in [-0.2, -0.15) is 0 Å². The molecule has 2 rings (SSSR count). The molecule has 2 aromatic carbocycles. The summed E-state index contributed by atoms with van der Waals surface area (Å²) in [7, 11) is 0. The van der Waals surface area contributed by atoms with E-state index in [0.717, 1.165) is 0 Å². The van der Waals surface area contributed by atoms with Crippen molar-refractivity contribution in [3.05, 3.63) is 42.0 Å². The lowest BCUT2D eigenvalue weighted by Gasteiger charge is -2.38. The Kier molecular flexibility index (Phi) is 5.00. The quantitative estimate of drug-likeness (QED) is 0.528. The number of benzene rings is 2. The van der Waals surface area contributed by atoms with Gasteiger partial charge in [0.1, 0.15) is 5.75 Å². The summed E-state index contributed by atoms with van der Waals surface area (Å²) >= 11 is 42.3. The van der Waals surface area contributed by atoms with Gasteiger partial charge in [0, 0.05) is 5.39 Å². The lowest BCUT2D eigenvalue weighted by atomic mass is 9.99. The van der Waals surface area contributed by atoms with E-state index in [1.807, 2.05) is 0 Å². The third kappa shape index (κ3) is 2.99. The highest BCUT2D eigenvalue weighted by Crippen LogP contribution is 2.61. The molecular weight excluding hydrogens is 420 g/mol. The van der Waals surface area contributed by atoms with E-state index < -0.39 is 12.5 Å². The average molecular weight is 427 g/mol. The summed E-state index contributed by atoms with van der Waals surface area (Å²) in [6.07, 6.45) is 0. The largest absolute Gasteiger partial charge is 0.507 e. The van der Waals surface area contributed by atoms with E-state index in [1.165, 1.54) is 6.07 Å². The van der Waals surface area contributed by atoms with Crippen LogP contribution in [-0.2, 0) is 4.33 Å². The van der Waals surface area contributed by atoms with Crippen LogP contribution in [0.1, 0.15) is 5.56 Å². The normalized spacial score (nSPS) is 13.7. The van der Waals surface area contributed by atoms with E-state index in [2.05, 4.69) is 0 Å². The molecule has 0 unspecified atom stereocenters. The monoisotopic (exact) mass is 424 g/mol. The molecule has 0 atom stereocenters. The SMILES string of the molecule is Oc1cccc2c(C(Cl)(Cl)C(Cl)(Cl)C(Cl)(Cl)Cl)cccc12. The fraction of sp³-hybridized carbons (Fsp3) is 0.231. The van der Waals surface area contributed by atoms with Crippen molar-refractivity contribution >= 4 is 92.0 Å². The lowest BCUT2D eigenvalue weighted by molar-refractivity contribution is 0.481. The van der Waals surface area contributed by atoms with Crippen molar-refractivity contribution in [3.63, 3.8) is 0 Å². The first kappa shape index (κ1) is 17.9. The van der Waals surface area contributed by atoms with Crippen molar-refractivity contribution in [3.8, 4) is 5.75 Å². The first-order chi connectivity index (χ1) is 9.50. The standard InChI is InChI=1S/C13H7Cl7O/c14-11(15,12(16,17)13(18,19)20)9-5-1-4-8-7(9)3-2-6-10(8)21/h1-6,21H. The van der Waals surface area contributed by atoms with Gasteiger partial charge >= 0.3 is 0 Å². The average Bonchev–Trinajstić information content (AvgIpc) is 2.37. The maximum Gasteiger partial charge on any atom is 0.226 e. The predicted octanol–water partition coefficient (Wildman–Crippen LogP) is 6.72. The molecule has 0 aliphatic rings. The molecule has 0 bridgehead atoms. The summed E-state index contributed by atoms with van der Waals surface area (Å²) in [4.78, 5) is 0. The molecular formula is C13H7Cl7O. The first-order valence-corrected chi connectivity index (χ1v) is 8.18. The second kappa shape index (κ2) is 5.87. The molecule has 114 valence electrons. The van der Waals surface area contributed by atoms with Crippen molar-refractivity contribution in [2.24, 2.45) is 0 Å². The summed E-state index contributed by atoms with van der Waals surface area (Å²) in [6.45, 7) is 0. The van der Waals surface area contributed by atoms with Crippen LogP contribution in [0.2, 0.25) is 0 Å². The van der Waals surface area contributed by atoms with Gasteiger partial charge in [0.15, 0.2) is 4.33 Å². The molecule has 0 aliphatic heterocycles. The molecule has 0 saturated heterocycles. The highest BCUT2D eigenvalue weighted by Gasteiger charge is 2.61. The lowest BCUT2D eigenvalue weighted by Crippen LogP contribution is -2.45. The summed E-state index contributed by atoms with van der Waals surface area (Å²) < 4.78 is -6.21. The molecule has 0 spiro atoms. The van der Waals surface area contributed by atoms with Crippen LogP contribution < -0.4 is 0 Å². The number of rotatable bonds is 2. The van der Waals surface area contributed by atoms with E-state index in [0.29, 0.717) is 16.3 Å². The molecule has 1 N–H and O–H groups in total. The van der Waals surface area contributed by atoms with Gasteiger partial charge < -0.3 is 5.11 Å². The summed E-state index contributed by atoms with van der Waals surface area (Å²) in [5.74, 6) is 0.0575. The van der Waals surface area contributed by atoms with E-state index in [1.54, 1.807) is 30.3 Å². The number of fused-ring (bicyclic) bond motifs is 1. The maximum absolute atomic E-state index is 9.89. The van der Waals surface area contributed by atoms with Crippen LogP contribution in [0.3, 0.4) is 0 Å². The second-order valence-electron chi connectivity index (χ2n) is 4.32. The number of hydrogen-bond acceptors (Lipinski definition) is 1. The third-order valence-corrected chi connectivity index (χ3v) is 6.91. The van der Waals surface area contributed by atoms with Crippen LogP contribution in [0.25, 0.3) is 10.8 Å². The van der Waals surface area contributed by atoms with Crippen LogP contribution in [0.5, 0.6) is 5.75 Å². The van der Waals surface area contributed by atoms with E-state index >= 15 is 0 Å². The molecule has 1 nitrogen and oxygen atoms in total. The molecule has 2 aromatic rings. The van der Waals surface area contributed by atoms with Crippen LogP contribution in [0.15, 0.2) is 36.4 Å². The number of hydrogen-bond donors (Lipinski definition) is 1. The number of phenolic OH excluding ortho intramolecular Hbond substituents is 1. The molecule has 0 heterocycles. The molecule has 0 fully saturated rings. The van der Waals surface area contributed by atoms with Gasteiger partial charge in [-0.05, 0) is 17.0 Å². The van der Waals surface area contributed by atoms with Crippen LogP contribution in [-0.4, -0.2) is 13.2 Å². The Bertz CT molecular complexity index is 676. The van der Waals surface area contributed by atoms with Crippen LogP contribution in [0.4, 0.5) is 0 Å². The fourth-order valence-corrected chi connectivity index (χ4v) is 3.45. The van der Waals surface area contributed by atoms with Crippen molar-refractivity contribution in [1.82, 2.24) is 0 Å². The zero-order valence-electron chi connectivity index (χ0n) is 10.1. The van der Waals surface area contributed by atoms with Crippen molar-refractivity contribution in [2.75, 3.05) is 0 Å². The first-order valence-electron chi connectivity index (χ1n) is 5.53. The second-order valence-corrected chi connectivity index (χ2v) is 9.26. The highest BCUT2D eigenvalue weighted by atomic mass is 35.6. The minimum absolute atomic E-state index is 0.0575. The van der Waals surface area contributed by atoms with Crippen LogP contribution in [0, 0.1) is 0 Å².